The number of likely N-dealkylation sites (N-methyl/N-ethyl adjacent to an activating group) is 1. The molecule has 0 aliphatic carbocycles. The lowest BCUT2D eigenvalue weighted by molar-refractivity contribution is -0.127. The first kappa shape index (κ1) is 23.4. The first-order valence-electron chi connectivity index (χ1n) is 7.79. The SMILES string of the molecule is COCCNC(=NCC(=O)N(C)C)N(C)Cc1ccc(OC)cc1.I. The van der Waals surface area contributed by atoms with E-state index in [1.54, 1.807) is 28.3 Å². The van der Waals surface area contributed by atoms with Crippen molar-refractivity contribution in [2.24, 2.45) is 4.99 Å². The number of aliphatic imine (C=N–C) groups is 1. The molecule has 0 bridgehead atoms. The molecule has 1 rings (SSSR count). The minimum absolute atomic E-state index is 0. The Labute approximate surface area is 167 Å². The van der Waals surface area contributed by atoms with Gasteiger partial charge in [-0.15, -0.1) is 24.0 Å². The molecule has 0 aromatic heterocycles. The number of carbonyl (C=O) groups is 1. The van der Waals surface area contributed by atoms with Crippen molar-refractivity contribution in [3.63, 3.8) is 0 Å². The summed E-state index contributed by atoms with van der Waals surface area (Å²) in [6.07, 6.45) is 0. The fourth-order valence-electron chi connectivity index (χ4n) is 1.94. The average Bonchev–Trinajstić information content (AvgIpc) is 2.58. The number of ether oxygens (including phenoxy) is 2. The predicted molar refractivity (Wildman–Crippen MR) is 111 cm³/mol. The van der Waals surface area contributed by atoms with E-state index in [0.29, 0.717) is 25.7 Å². The Hall–Kier alpha value is -1.55. The van der Waals surface area contributed by atoms with Gasteiger partial charge in [0.15, 0.2) is 5.96 Å². The van der Waals surface area contributed by atoms with Crippen LogP contribution in [0.3, 0.4) is 0 Å². The van der Waals surface area contributed by atoms with Crippen molar-refractivity contribution in [3.8, 4) is 5.75 Å². The summed E-state index contributed by atoms with van der Waals surface area (Å²) in [4.78, 5) is 19.7. The van der Waals surface area contributed by atoms with Crippen molar-refractivity contribution in [2.75, 3.05) is 55.1 Å². The third-order valence-electron chi connectivity index (χ3n) is 3.39. The Morgan fingerprint density at radius 3 is 2.32 bits per heavy atom. The van der Waals surface area contributed by atoms with Crippen LogP contribution < -0.4 is 10.1 Å². The molecule has 0 aliphatic heterocycles. The topological polar surface area (TPSA) is 66.4 Å². The van der Waals surface area contributed by atoms with E-state index in [4.69, 9.17) is 9.47 Å². The van der Waals surface area contributed by atoms with Gasteiger partial charge in [0.05, 0.1) is 13.7 Å². The maximum absolute atomic E-state index is 11.8. The highest BCUT2D eigenvalue weighted by molar-refractivity contribution is 14.0. The second-order valence-corrected chi connectivity index (χ2v) is 5.55. The summed E-state index contributed by atoms with van der Waals surface area (Å²) in [7, 11) is 8.67. The Bertz CT molecular complexity index is 535. The standard InChI is InChI=1S/C17H28N4O3.HI/c1-20(2)16(22)12-19-17(18-10-11-23-4)21(3)13-14-6-8-15(24-5)9-7-14;/h6-9H,10-13H2,1-5H3,(H,18,19);1H. The molecule has 142 valence electrons. The quantitative estimate of drug-likeness (QED) is 0.273. The lowest BCUT2D eigenvalue weighted by Crippen LogP contribution is -2.40. The molecule has 7 nitrogen and oxygen atoms in total. The number of guanidine groups is 1. The number of nitrogens with one attached hydrogen (secondary N) is 1. The van der Waals surface area contributed by atoms with Crippen molar-refractivity contribution in [1.29, 1.82) is 0 Å². The van der Waals surface area contributed by atoms with Gasteiger partial charge in [-0.05, 0) is 17.7 Å². The third kappa shape index (κ3) is 8.92. The molecule has 1 N–H and O–H groups in total. The van der Waals surface area contributed by atoms with Gasteiger partial charge < -0.3 is 24.6 Å². The molecule has 0 fully saturated rings. The molecule has 0 saturated heterocycles. The third-order valence-corrected chi connectivity index (χ3v) is 3.39. The molecule has 1 amide bonds. The molecule has 0 saturated carbocycles. The van der Waals surface area contributed by atoms with Gasteiger partial charge in [-0.1, -0.05) is 12.1 Å². The summed E-state index contributed by atoms with van der Waals surface area (Å²) < 4.78 is 10.2. The number of hydrogen-bond donors (Lipinski definition) is 1. The molecule has 25 heavy (non-hydrogen) atoms. The lowest BCUT2D eigenvalue weighted by atomic mass is 10.2. The number of rotatable bonds is 8. The molecular weight excluding hydrogens is 435 g/mol. The molecule has 0 aliphatic rings. The van der Waals surface area contributed by atoms with E-state index in [0.717, 1.165) is 11.3 Å². The van der Waals surface area contributed by atoms with Crippen LogP contribution in [-0.4, -0.2) is 76.7 Å². The number of amides is 1. The maximum Gasteiger partial charge on any atom is 0.243 e. The molecule has 8 heteroatoms. The van der Waals surface area contributed by atoms with E-state index in [1.165, 1.54) is 4.90 Å². The average molecular weight is 464 g/mol. The fraction of sp³-hybridized carbons (Fsp3) is 0.529. The molecule has 1 aromatic rings. The Morgan fingerprint density at radius 1 is 1.16 bits per heavy atom. The molecule has 0 spiro atoms. The van der Waals surface area contributed by atoms with Gasteiger partial charge in [0.25, 0.3) is 0 Å². The summed E-state index contributed by atoms with van der Waals surface area (Å²) >= 11 is 0. The van der Waals surface area contributed by atoms with Crippen LogP contribution in [-0.2, 0) is 16.1 Å². The minimum atomic E-state index is -0.0427. The summed E-state index contributed by atoms with van der Waals surface area (Å²) in [6.45, 7) is 1.96. The number of carbonyl (C=O) groups excluding carboxylic acids is 1. The first-order chi connectivity index (χ1) is 11.5. The van der Waals surface area contributed by atoms with E-state index in [9.17, 15) is 4.79 Å². The molecule has 0 atom stereocenters. The van der Waals surface area contributed by atoms with Crippen molar-refractivity contribution in [1.82, 2.24) is 15.1 Å². The normalized spacial score (nSPS) is 10.7. The largest absolute Gasteiger partial charge is 0.497 e. The van der Waals surface area contributed by atoms with Gasteiger partial charge in [0.2, 0.25) is 5.91 Å². The number of methoxy groups -OCH3 is 2. The van der Waals surface area contributed by atoms with Crippen LogP contribution in [0.1, 0.15) is 5.56 Å². The summed E-state index contributed by atoms with van der Waals surface area (Å²) in [5, 5.41) is 3.21. The summed E-state index contributed by atoms with van der Waals surface area (Å²) in [5.74, 6) is 1.45. The molecule has 0 heterocycles. The number of nitrogens with zero attached hydrogens (tertiary/aromatic N) is 3. The minimum Gasteiger partial charge on any atom is -0.497 e. The zero-order chi connectivity index (χ0) is 17.9. The van der Waals surface area contributed by atoms with Crippen LogP contribution >= 0.6 is 24.0 Å². The van der Waals surface area contributed by atoms with Crippen molar-refractivity contribution in [2.45, 2.75) is 6.54 Å². The highest BCUT2D eigenvalue weighted by Gasteiger charge is 2.09. The highest BCUT2D eigenvalue weighted by Crippen LogP contribution is 2.12. The van der Waals surface area contributed by atoms with Gasteiger partial charge >= 0.3 is 0 Å². The smallest absolute Gasteiger partial charge is 0.243 e. The molecule has 0 radical (unpaired) electrons. The molecular formula is C17H29IN4O3. The zero-order valence-electron chi connectivity index (χ0n) is 15.6. The van der Waals surface area contributed by atoms with Crippen LogP contribution in [0.2, 0.25) is 0 Å². The van der Waals surface area contributed by atoms with E-state index in [2.05, 4.69) is 10.3 Å². The summed E-state index contributed by atoms with van der Waals surface area (Å²) in [6, 6.07) is 7.86. The van der Waals surface area contributed by atoms with Crippen molar-refractivity contribution in [3.05, 3.63) is 29.8 Å². The zero-order valence-corrected chi connectivity index (χ0v) is 17.9. The second kappa shape index (κ2) is 12.8. The lowest BCUT2D eigenvalue weighted by Gasteiger charge is -2.23. The maximum atomic E-state index is 11.8. The van der Waals surface area contributed by atoms with E-state index in [-0.39, 0.29) is 36.4 Å². The van der Waals surface area contributed by atoms with Gasteiger partial charge in [-0.2, -0.15) is 0 Å². The van der Waals surface area contributed by atoms with Crippen LogP contribution in [0.4, 0.5) is 0 Å². The molecule has 1 aromatic carbocycles. The number of halogens is 1. The predicted octanol–water partition coefficient (Wildman–Crippen LogP) is 1.43. The van der Waals surface area contributed by atoms with E-state index < -0.39 is 0 Å². The second-order valence-electron chi connectivity index (χ2n) is 5.55. The summed E-state index contributed by atoms with van der Waals surface area (Å²) in [5.41, 5.74) is 1.12. The first-order valence-corrected chi connectivity index (χ1v) is 7.79. The number of hydrogen-bond acceptors (Lipinski definition) is 4. The van der Waals surface area contributed by atoms with Gasteiger partial charge in [0.1, 0.15) is 12.3 Å². The van der Waals surface area contributed by atoms with Crippen LogP contribution in [0.15, 0.2) is 29.3 Å². The van der Waals surface area contributed by atoms with Crippen LogP contribution in [0.5, 0.6) is 5.75 Å². The van der Waals surface area contributed by atoms with Gasteiger partial charge in [-0.25, -0.2) is 4.99 Å². The van der Waals surface area contributed by atoms with Gasteiger partial charge in [0, 0.05) is 41.3 Å². The van der Waals surface area contributed by atoms with Crippen LogP contribution in [0, 0.1) is 0 Å². The molecule has 0 unspecified atom stereocenters. The fourth-order valence-corrected chi connectivity index (χ4v) is 1.94. The van der Waals surface area contributed by atoms with E-state index in [1.807, 2.05) is 36.2 Å². The Kier molecular flexibility index (Phi) is 12.0. The van der Waals surface area contributed by atoms with E-state index >= 15 is 0 Å². The monoisotopic (exact) mass is 464 g/mol. The highest BCUT2D eigenvalue weighted by atomic mass is 127. The number of benzene rings is 1. The van der Waals surface area contributed by atoms with Gasteiger partial charge in [-0.3, -0.25) is 4.79 Å². The van der Waals surface area contributed by atoms with Crippen LogP contribution in [0.25, 0.3) is 0 Å². The van der Waals surface area contributed by atoms with Crippen molar-refractivity contribution < 1.29 is 14.3 Å². The Balaban J connectivity index is 0.00000576. The Morgan fingerprint density at radius 2 is 1.80 bits per heavy atom. The van der Waals surface area contributed by atoms with Crippen molar-refractivity contribution >= 4 is 35.8 Å².